The van der Waals surface area contributed by atoms with Crippen molar-refractivity contribution in [3.63, 3.8) is 0 Å². The molecule has 1 atom stereocenters. The van der Waals surface area contributed by atoms with Gasteiger partial charge >= 0.3 is 12.1 Å². The average Bonchev–Trinajstić information content (AvgIpc) is 2.90. The topological polar surface area (TPSA) is 139 Å². The minimum Gasteiger partial charge on any atom is -0.476 e. The first kappa shape index (κ1) is 20.4. The molecule has 0 unspecified atom stereocenters. The van der Waals surface area contributed by atoms with Crippen molar-refractivity contribution < 1.29 is 29.1 Å². The molecule has 10 nitrogen and oxygen atoms in total. The second-order valence-electron chi connectivity index (χ2n) is 5.82. The molecule has 25 heavy (non-hydrogen) atoms. The molecular weight excluding hydrogens is 352 g/mol. The lowest BCUT2D eigenvalue weighted by Gasteiger charge is -2.21. The second kappa shape index (κ2) is 8.42. The Balaban J connectivity index is 2.70. The van der Waals surface area contributed by atoms with Crippen molar-refractivity contribution in [2.45, 2.75) is 39.3 Å². The fourth-order valence-electron chi connectivity index (χ4n) is 1.49. The maximum absolute atomic E-state index is 12.1. The van der Waals surface area contributed by atoms with Crippen LogP contribution in [-0.2, 0) is 19.2 Å². The van der Waals surface area contributed by atoms with Crippen LogP contribution in [0.15, 0.2) is 10.5 Å². The van der Waals surface area contributed by atoms with E-state index in [1.165, 1.54) is 19.4 Å². The first-order valence-electron chi connectivity index (χ1n) is 7.14. The zero-order valence-electron chi connectivity index (χ0n) is 14.4. The number of nitrogens with one attached hydrogen (secondary N) is 2. The number of amides is 2. The van der Waals surface area contributed by atoms with E-state index in [9.17, 15) is 14.4 Å². The predicted octanol–water partition coefficient (Wildman–Crippen LogP) is 1.43. The summed E-state index contributed by atoms with van der Waals surface area (Å²) < 4.78 is 5.06. The highest BCUT2D eigenvalue weighted by Gasteiger charge is 2.22. The zero-order chi connectivity index (χ0) is 19.2. The molecule has 0 aliphatic heterocycles. The number of oxime groups is 1. The fourth-order valence-corrected chi connectivity index (χ4v) is 2.19. The number of ether oxygens (including phenoxy) is 1. The van der Waals surface area contributed by atoms with E-state index in [-0.39, 0.29) is 16.5 Å². The number of carbonyl (C=O) groups excluding carboxylic acids is 2. The number of carbonyl (C=O) groups is 3. The molecule has 0 radical (unpaired) electrons. The number of hydrogen-bond acceptors (Lipinski definition) is 8. The van der Waals surface area contributed by atoms with E-state index >= 15 is 0 Å². The van der Waals surface area contributed by atoms with Crippen LogP contribution in [0.4, 0.5) is 9.93 Å². The fraction of sp³-hybridized carbons (Fsp3) is 0.500. The number of alkyl carbamates (subject to hydrolysis) is 1. The Morgan fingerprint density at radius 2 is 2.00 bits per heavy atom. The molecular formula is C14H20N4O6S. The van der Waals surface area contributed by atoms with Crippen LogP contribution in [0.1, 0.15) is 33.4 Å². The van der Waals surface area contributed by atoms with Gasteiger partial charge in [0, 0.05) is 5.38 Å². The zero-order valence-corrected chi connectivity index (χ0v) is 15.3. The van der Waals surface area contributed by atoms with Crippen molar-refractivity contribution in [1.82, 2.24) is 10.3 Å². The van der Waals surface area contributed by atoms with Crippen molar-refractivity contribution in [3.8, 4) is 0 Å². The maximum atomic E-state index is 12.1. The van der Waals surface area contributed by atoms with Gasteiger partial charge in [-0.1, -0.05) is 5.16 Å². The molecule has 0 bridgehead atoms. The molecule has 3 N–H and O–H groups in total. The van der Waals surface area contributed by atoms with Crippen LogP contribution in [0.3, 0.4) is 0 Å². The highest BCUT2D eigenvalue weighted by molar-refractivity contribution is 7.14. The molecule has 1 rings (SSSR count). The number of carboxylic acids is 1. The third kappa shape index (κ3) is 6.75. The summed E-state index contributed by atoms with van der Waals surface area (Å²) in [5.41, 5.74) is -1.03. The Morgan fingerprint density at radius 3 is 2.52 bits per heavy atom. The summed E-state index contributed by atoms with van der Waals surface area (Å²) in [6, 6.07) is -0.881. The minimum absolute atomic E-state index is 0.0439. The summed E-state index contributed by atoms with van der Waals surface area (Å²) in [5.74, 6) is -1.85. The van der Waals surface area contributed by atoms with Gasteiger partial charge in [-0.15, -0.1) is 11.3 Å². The third-order valence-corrected chi connectivity index (χ3v) is 3.25. The highest BCUT2D eigenvalue weighted by Crippen LogP contribution is 2.17. The first-order chi connectivity index (χ1) is 11.5. The van der Waals surface area contributed by atoms with Gasteiger partial charge in [-0.2, -0.15) is 0 Å². The van der Waals surface area contributed by atoms with E-state index in [2.05, 4.69) is 25.6 Å². The number of carboxylic acid groups (broad SMARTS) is 1. The average molecular weight is 372 g/mol. The van der Waals surface area contributed by atoms with Gasteiger partial charge in [-0.25, -0.2) is 14.6 Å². The molecule has 2 amide bonds. The van der Waals surface area contributed by atoms with Gasteiger partial charge in [-0.3, -0.25) is 4.79 Å². The Bertz CT molecular complexity index is 679. The highest BCUT2D eigenvalue weighted by atomic mass is 32.1. The molecule has 0 saturated carbocycles. The first-order valence-corrected chi connectivity index (χ1v) is 8.02. The Labute approximate surface area is 148 Å². The lowest BCUT2D eigenvalue weighted by molar-refractivity contribution is -0.129. The molecule has 0 aromatic carbocycles. The van der Waals surface area contributed by atoms with Crippen LogP contribution in [0, 0.1) is 0 Å². The molecule has 0 saturated heterocycles. The van der Waals surface area contributed by atoms with E-state index in [0.29, 0.717) is 0 Å². The van der Waals surface area contributed by atoms with Gasteiger partial charge in [0.25, 0.3) is 0 Å². The van der Waals surface area contributed by atoms with Gasteiger partial charge in [-0.05, 0) is 27.7 Å². The molecule has 0 fully saturated rings. The SMILES string of the molecule is CO/N=C(/C(=O)O)c1csc(NC(=O)[C@H](C)NC(=O)OC(C)(C)C)n1. The molecule has 1 heterocycles. The van der Waals surface area contributed by atoms with Gasteiger partial charge in [0.1, 0.15) is 24.4 Å². The van der Waals surface area contributed by atoms with Crippen molar-refractivity contribution in [2.24, 2.45) is 5.16 Å². The summed E-state index contributed by atoms with van der Waals surface area (Å²) in [4.78, 5) is 43.2. The summed E-state index contributed by atoms with van der Waals surface area (Å²) >= 11 is 1.01. The van der Waals surface area contributed by atoms with Crippen LogP contribution in [0.2, 0.25) is 0 Å². The molecule has 0 aliphatic rings. The van der Waals surface area contributed by atoms with Gasteiger partial charge in [0.2, 0.25) is 11.6 Å². The second-order valence-corrected chi connectivity index (χ2v) is 6.68. The number of nitrogens with zero attached hydrogens (tertiary/aromatic N) is 2. The largest absolute Gasteiger partial charge is 0.476 e. The number of thiazole rings is 1. The van der Waals surface area contributed by atoms with Crippen molar-refractivity contribution in [3.05, 3.63) is 11.1 Å². The standard InChI is InChI=1S/C14H20N4O6S/c1-7(15-13(22)24-14(2,3)4)10(19)17-12-16-8(6-25-12)9(11(20)21)18-23-5/h6-7H,1-5H3,(H,15,22)(H,20,21)(H,16,17,19)/b18-9+/t7-/m0/s1. The van der Waals surface area contributed by atoms with E-state index in [4.69, 9.17) is 9.84 Å². The van der Waals surface area contributed by atoms with E-state index in [1.54, 1.807) is 20.8 Å². The smallest absolute Gasteiger partial charge is 0.408 e. The predicted molar refractivity (Wildman–Crippen MR) is 90.8 cm³/mol. The molecule has 1 aromatic heterocycles. The molecule has 138 valence electrons. The maximum Gasteiger partial charge on any atom is 0.408 e. The molecule has 11 heteroatoms. The number of rotatable bonds is 6. The number of aliphatic carboxylic acids is 1. The van der Waals surface area contributed by atoms with Gasteiger partial charge < -0.3 is 25.3 Å². The van der Waals surface area contributed by atoms with Crippen LogP contribution in [0.5, 0.6) is 0 Å². The van der Waals surface area contributed by atoms with Crippen molar-refractivity contribution >= 4 is 40.1 Å². The Morgan fingerprint density at radius 1 is 1.36 bits per heavy atom. The van der Waals surface area contributed by atoms with Crippen molar-refractivity contribution in [1.29, 1.82) is 0 Å². The van der Waals surface area contributed by atoms with Gasteiger partial charge in [0.15, 0.2) is 5.13 Å². The van der Waals surface area contributed by atoms with Crippen LogP contribution in [0.25, 0.3) is 0 Å². The van der Waals surface area contributed by atoms with E-state index < -0.39 is 29.6 Å². The lowest BCUT2D eigenvalue weighted by atomic mass is 10.2. The Hall–Kier alpha value is -2.69. The third-order valence-electron chi connectivity index (χ3n) is 2.49. The van der Waals surface area contributed by atoms with Gasteiger partial charge in [0.05, 0.1) is 0 Å². The van der Waals surface area contributed by atoms with Crippen LogP contribution < -0.4 is 10.6 Å². The molecule has 0 aliphatic carbocycles. The summed E-state index contributed by atoms with van der Waals surface area (Å²) in [6.07, 6.45) is -0.727. The summed E-state index contributed by atoms with van der Waals surface area (Å²) in [6.45, 7) is 6.59. The number of hydrogen-bond donors (Lipinski definition) is 3. The summed E-state index contributed by atoms with van der Waals surface area (Å²) in [5, 5.41) is 18.8. The lowest BCUT2D eigenvalue weighted by Crippen LogP contribution is -2.43. The monoisotopic (exact) mass is 372 g/mol. The van der Waals surface area contributed by atoms with Crippen molar-refractivity contribution in [2.75, 3.05) is 12.4 Å². The normalized spacial score (nSPS) is 12.9. The van der Waals surface area contributed by atoms with E-state index in [0.717, 1.165) is 11.3 Å². The minimum atomic E-state index is -1.31. The number of anilines is 1. The summed E-state index contributed by atoms with van der Waals surface area (Å²) in [7, 11) is 1.21. The molecule has 1 aromatic rings. The quantitative estimate of drug-likeness (QED) is 0.507. The number of aromatic nitrogens is 1. The van der Waals surface area contributed by atoms with Crippen LogP contribution >= 0.6 is 11.3 Å². The van der Waals surface area contributed by atoms with E-state index in [1.807, 2.05) is 0 Å². The van der Waals surface area contributed by atoms with Crippen LogP contribution in [-0.4, -0.2) is 52.5 Å². The Kier molecular flexibility index (Phi) is 6.86. The molecule has 0 spiro atoms.